The van der Waals surface area contributed by atoms with Gasteiger partial charge in [0.25, 0.3) is 0 Å². The van der Waals surface area contributed by atoms with E-state index >= 15 is 0 Å². The standard InChI is InChI=1S/C12H11BrN2O/c13-10-7-14-12(15-8-10)6-11(16)9-4-2-1-3-5-9/h1-5,7-8,11,16H,6H2. The van der Waals surface area contributed by atoms with Gasteiger partial charge in [-0.25, -0.2) is 9.97 Å². The predicted molar refractivity (Wildman–Crippen MR) is 64.8 cm³/mol. The van der Waals surface area contributed by atoms with E-state index < -0.39 is 6.10 Å². The topological polar surface area (TPSA) is 46.0 Å². The molecular formula is C12H11BrN2O. The molecule has 1 unspecified atom stereocenters. The van der Waals surface area contributed by atoms with Gasteiger partial charge in [-0.05, 0) is 21.5 Å². The van der Waals surface area contributed by atoms with Gasteiger partial charge in [0, 0.05) is 18.8 Å². The molecule has 0 aliphatic heterocycles. The van der Waals surface area contributed by atoms with Crippen LogP contribution in [0.5, 0.6) is 0 Å². The molecule has 1 aromatic carbocycles. The quantitative estimate of drug-likeness (QED) is 0.939. The van der Waals surface area contributed by atoms with Crippen LogP contribution >= 0.6 is 15.9 Å². The van der Waals surface area contributed by atoms with Gasteiger partial charge in [-0.3, -0.25) is 0 Å². The SMILES string of the molecule is OC(Cc1ncc(Br)cn1)c1ccccc1. The number of hydrogen-bond donors (Lipinski definition) is 1. The average Bonchev–Trinajstić information content (AvgIpc) is 2.33. The van der Waals surface area contributed by atoms with Crippen molar-refractivity contribution < 1.29 is 5.11 Å². The summed E-state index contributed by atoms with van der Waals surface area (Å²) in [5.74, 6) is 0.638. The molecule has 0 aliphatic rings. The highest BCUT2D eigenvalue weighted by Crippen LogP contribution is 2.16. The lowest BCUT2D eigenvalue weighted by atomic mass is 10.1. The van der Waals surface area contributed by atoms with Gasteiger partial charge in [0.05, 0.1) is 10.6 Å². The van der Waals surface area contributed by atoms with Crippen LogP contribution < -0.4 is 0 Å². The monoisotopic (exact) mass is 278 g/mol. The third-order valence-corrected chi connectivity index (χ3v) is 2.64. The molecule has 1 N–H and O–H groups in total. The first kappa shape index (κ1) is 11.2. The molecule has 0 spiro atoms. The smallest absolute Gasteiger partial charge is 0.131 e. The third-order valence-electron chi connectivity index (χ3n) is 2.23. The Labute approximate surface area is 102 Å². The Morgan fingerprint density at radius 3 is 2.38 bits per heavy atom. The number of rotatable bonds is 3. The van der Waals surface area contributed by atoms with Crippen molar-refractivity contribution >= 4 is 15.9 Å². The van der Waals surface area contributed by atoms with Crippen LogP contribution in [0.25, 0.3) is 0 Å². The molecular weight excluding hydrogens is 268 g/mol. The lowest BCUT2D eigenvalue weighted by molar-refractivity contribution is 0.176. The van der Waals surface area contributed by atoms with Crippen LogP contribution in [0.1, 0.15) is 17.5 Å². The van der Waals surface area contributed by atoms with Gasteiger partial charge in [0.2, 0.25) is 0 Å². The van der Waals surface area contributed by atoms with E-state index in [1.165, 1.54) is 0 Å². The Hall–Kier alpha value is -1.26. The number of benzene rings is 1. The predicted octanol–water partition coefficient (Wildman–Crippen LogP) is 2.52. The largest absolute Gasteiger partial charge is 0.388 e. The van der Waals surface area contributed by atoms with Crippen LogP contribution in [0.2, 0.25) is 0 Å². The molecule has 2 aromatic rings. The third kappa shape index (κ3) is 2.87. The molecule has 0 saturated carbocycles. The zero-order chi connectivity index (χ0) is 11.4. The summed E-state index contributed by atoms with van der Waals surface area (Å²) in [5.41, 5.74) is 0.883. The minimum Gasteiger partial charge on any atom is -0.388 e. The summed E-state index contributed by atoms with van der Waals surface area (Å²) in [5, 5.41) is 9.95. The maximum atomic E-state index is 9.95. The Balaban J connectivity index is 2.08. The Bertz CT molecular complexity index is 444. The minimum absolute atomic E-state index is 0.428. The highest BCUT2D eigenvalue weighted by molar-refractivity contribution is 9.10. The molecule has 4 heteroatoms. The van der Waals surface area contributed by atoms with E-state index in [2.05, 4.69) is 25.9 Å². The van der Waals surface area contributed by atoms with Crippen molar-refractivity contribution in [2.75, 3.05) is 0 Å². The second-order valence-corrected chi connectivity index (χ2v) is 4.36. The highest BCUT2D eigenvalue weighted by atomic mass is 79.9. The Morgan fingerprint density at radius 1 is 1.12 bits per heavy atom. The van der Waals surface area contributed by atoms with E-state index in [0.29, 0.717) is 12.2 Å². The summed E-state index contributed by atoms with van der Waals surface area (Å²) in [6, 6.07) is 9.52. The summed E-state index contributed by atoms with van der Waals surface area (Å²) in [7, 11) is 0. The highest BCUT2D eigenvalue weighted by Gasteiger charge is 2.09. The number of aliphatic hydroxyl groups excluding tert-OH is 1. The van der Waals surface area contributed by atoms with Crippen LogP contribution in [0.15, 0.2) is 47.2 Å². The van der Waals surface area contributed by atoms with Crippen LogP contribution in [0.4, 0.5) is 0 Å². The van der Waals surface area contributed by atoms with E-state index in [9.17, 15) is 5.11 Å². The van der Waals surface area contributed by atoms with Crippen LogP contribution in [0.3, 0.4) is 0 Å². The van der Waals surface area contributed by atoms with E-state index in [4.69, 9.17) is 0 Å². The fourth-order valence-corrected chi connectivity index (χ4v) is 1.62. The van der Waals surface area contributed by atoms with E-state index in [1.54, 1.807) is 12.4 Å². The van der Waals surface area contributed by atoms with E-state index in [1.807, 2.05) is 30.3 Å². The zero-order valence-corrected chi connectivity index (χ0v) is 10.1. The summed E-state index contributed by atoms with van der Waals surface area (Å²) in [6.45, 7) is 0. The van der Waals surface area contributed by atoms with E-state index in [-0.39, 0.29) is 0 Å². The normalized spacial score (nSPS) is 12.4. The molecule has 0 fully saturated rings. The lowest BCUT2D eigenvalue weighted by Gasteiger charge is -2.09. The van der Waals surface area contributed by atoms with Crippen molar-refractivity contribution in [1.29, 1.82) is 0 Å². The van der Waals surface area contributed by atoms with Crippen molar-refractivity contribution in [1.82, 2.24) is 9.97 Å². The van der Waals surface area contributed by atoms with Crippen molar-refractivity contribution in [3.8, 4) is 0 Å². The fraction of sp³-hybridized carbons (Fsp3) is 0.167. The maximum absolute atomic E-state index is 9.95. The summed E-state index contributed by atoms with van der Waals surface area (Å²) < 4.78 is 0.838. The van der Waals surface area contributed by atoms with E-state index in [0.717, 1.165) is 10.0 Å². The van der Waals surface area contributed by atoms with Gasteiger partial charge in [-0.15, -0.1) is 0 Å². The summed E-state index contributed by atoms with van der Waals surface area (Å²) >= 11 is 3.27. The molecule has 1 aromatic heterocycles. The first-order valence-electron chi connectivity index (χ1n) is 4.95. The Kier molecular flexibility index (Phi) is 3.64. The van der Waals surface area contributed by atoms with Crippen molar-refractivity contribution in [2.24, 2.45) is 0 Å². The van der Waals surface area contributed by atoms with Gasteiger partial charge < -0.3 is 5.11 Å². The van der Waals surface area contributed by atoms with Gasteiger partial charge in [-0.1, -0.05) is 30.3 Å². The fourth-order valence-electron chi connectivity index (χ4n) is 1.41. The number of aliphatic hydroxyl groups is 1. The minimum atomic E-state index is -0.553. The second-order valence-electron chi connectivity index (χ2n) is 3.45. The molecule has 3 nitrogen and oxygen atoms in total. The molecule has 0 radical (unpaired) electrons. The average molecular weight is 279 g/mol. The molecule has 82 valence electrons. The molecule has 0 amide bonds. The molecule has 0 bridgehead atoms. The maximum Gasteiger partial charge on any atom is 0.131 e. The molecule has 16 heavy (non-hydrogen) atoms. The molecule has 1 atom stereocenters. The number of nitrogens with zero attached hydrogens (tertiary/aromatic N) is 2. The molecule has 0 aliphatic carbocycles. The summed E-state index contributed by atoms with van der Waals surface area (Å²) in [4.78, 5) is 8.25. The number of aromatic nitrogens is 2. The van der Waals surface area contributed by atoms with Gasteiger partial charge in [0.15, 0.2) is 0 Å². The molecule has 1 heterocycles. The van der Waals surface area contributed by atoms with Crippen molar-refractivity contribution in [3.63, 3.8) is 0 Å². The van der Waals surface area contributed by atoms with Crippen LogP contribution in [-0.2, 0) is 6.42 Å². The van der Waals surface area contributed by atoms with Gasteiger partial charge in [-0.2, -0.15) is 0 Å². The lowest BCUT2D eigenvalue weighted by Crippen LogP contribution is -2.04. The van der Waals surface area contributed by atoms with Gasteiger partial charge >= 0.3 is 0 Å². The number of hydrogen-bond acceptors (Lipinski definition) is 3. The van der Waals surface area contributed by atoms with Gasteiger partial charge in [0.1, 0.15) is 5.82 Å². The number of halogens is 1. The van der Waals surface area contributed by atoms with Crippen LogP contribution in [-0.4, -0.2) is 15.1 Å². The first-order valence-corrected chi connectivity index (χ1v) is 5.74. The summed E-state index contributed by atoms with van der Waals surface area (Å²) in [6.07, 6.45) is 3.24. The van der Waals surface area contributed by atoms with Crippen LogP contribution in [0, 0.1) is 0 Å². The molecule has 0 saturated heterocycles. The zero-order valence-electron chi connectivity index (χ0n) is 8.55. The molecule has 2 rings (SSSR count). The second kappa shape index (κ2) is 5.18. The first-order chi connectivity index (χ1) is 7.75. The van der Waals surface area contributed by atoms with Crippen molar-refractivity contribution in [3.05, 3.63) is 58.6 Å². The van der Waals surface area contributed by atoms with Crippen molar-refractivity contribution in [2.45, 2.75) is 12.5 Å². The Morgan fingerprint density at radius 2 is 1.75 bits per heavy atom.